The predicted octanol–water partition coefficient (Wildman–Crippen LogP) is 3.31. The quantitative estimate of drug-likeness (QED) is 0.552. The van der Waals surface area contributed by atoms with Gasteiger partial charge in [-0.25, -0.2) is 0 Å². The lowest BCUT2D eigenvalue weighted by Crippen LogP contribution is -2.41. The van der Waals surface area contributed by atoms with Crippen molar-refractivity contribution < 1.29 is 29.3 Å². The molecular formula is C27H37N3O6. The lowest BCUT2D eigenvalue weighted by atomic mass is 9.73. The lowest BCUT2D eigenvalue weighted by molar-refractivity contribution is -0.135. The van der Waals surface area contributed by atoms with Crippen molar-refractivity contribution in [1.29, 1.82) is 0 Å². The second kappa shape index (κ2) is 12.3. The second-order valence-electron chi connectivity index (χ2n) is 9.82. The average Bonchev–Trinajstić information content (AvgIpc) is 3.45. The summed E-state index contributed by atoms with van der Waals surface area (Å²) in [7, 11) is 0. The molecule has 3 N–H and O–H groups in total. The molecule has 0 aliphatic carbocycles. The first-order chi connectivity index (χ1) is 17.1. The molecular weight excluding hydrogens is 462 g/mol. The Kier molecular flexibility index (Phi) is 9.39. The second-order valence-corrected chi connectivity index (χ2v) is 9.82. The van der Waals surface area contributed by atoms with Crippen LogP contribution in [0.25, 0.3) is 10.9 Å². The molecule has 1 amide bonds. The number of hydrogen-bond acceptors (Lipinski definition) is 6. The van der Waals surface area contributed by atoms with Gasteiger partial charge in [-0.05, 0) is 43.0 Å². The van der Waals surface area contributed by atoms with Gasteiger partial charge in [0.15, 0.2) is 0 Å². The summed E-state index contributed by atoms with van der Waals surface area (Å²) in [6, 6.07) is 10.7. The maximum absolute atomic E-state index is 11.9. The molecule has 0 radical (unpaired) electrons. The molecule has 3 aliphatic heterocycles. The minimum absolute atomic E-state index is 0.0171. The molecule has 1 aromatic carbocycles. The number of fused-ring (bicyclic) bond motifs is 2. The third-order valence-corrected chi connectivity index (χ3v) is 6.94. The molecule has 9 nitrogen and oxygen atoms in total. The molecule has 2 aromatic rings. The number of hydrogen-bond donors (Lipinski definition) is 3. The highest BCUT2D eigenvalue weighted by molar-refractivity contribution is 5.78. The van der Waals surface area contributed by atoms with Crippen molar-refractivity contribution in [2.45, 2.75) is 64.7 Å². The van der Waals surface area contributed by atoms with E-state index in [0.717, 1.165) is 58.4 Å². The number of carboxylic acids is 2. The molecule has 3 fully saturated rings. The maximum atomic E-state index is 11.9. The van der Waals surface area contributed by atoms with Crippen LogP contribution in [-0.2, 0) is 25.7 Å². The Hall–Kier alpha value is -3.04. The van der Waals surface area contributed by atoms with Gasteiger partial charge in [-0.3, -0.25) is 24.3 Å². The molecule has 196 valence electrons. The molecule has 5 rings (SSSR count). The van der Waals surface area contributed by atoms with Crippen LogP contribution in [0.4, 0.5) is 0 Å². The third kappa shape index (κ3) is 7.01. The Morgan fingerprint density at radius 1 is 1.19 bits per heavy atom. The molecule has 0 unspecified atom stereocenters. The average molecular weight is 500 g/mol. The van der Waals surface area contributed by atoms with Crippen LogP contribution in [0.15, 0.2) is 36.5 Å². The van der Waals surface area contributed by atoms with E-state index in [2.05, 4.69) is 39.5 Å². The first-order valence-electron chi connectivity index (χ1n) is 12.5. The van der Waals surface area contributed by atoms with Crippen LogP contribution >= 0.6 is 0 Å². The van der Waals surface area contributed by atoms with Crippen molar-refractivity contribution in [3.05, 3.63) is 42.1 Å². The molecule has 0 saturated carbocycles. The van der Waals surface area contributed by atoms with E-state index in [4.69, 9.17) is 24.5 Å². The number of benzene rings is 1. The molecule has 2 bridgehead atoms. The Balaban J connectivity index is 0.000000398. The van der Waals surface area contributed by atoms with Gasteiger partial charge in [0.05, 0.1) is 17.2 Å². The van der Waals surface area contributed by atoms with E-state index in [1.807, 2.05) is 19.2 Å². The number of rotatable bonds is 6. The summed E-state index contributed by atoms with van der Waals surface area (Å²) in [6.07, 6.45) is 6.01. The SMILES string of the molecule is CC(=O)O.CC(=O)O.CCCC(=O)NC[C@H]1[C@H]2CN(Cc3ccc4ncccc4c3)C[C@]23CC[C@H]1O3. The van der Waals surface area contributed by atoms with E-state index in [-0.39, 0.29) is 11.5 Å². The zero-order valence-electron chi connectivity index (χ0n) is 21.3. The van der Waals surface area contributed by atoms with E-state index < -0.39 is 11.9 Å². The summed E-state index contributed by atoms with van der Waals surface area (Å²) in [5.74, 6) is -0.491. The molecule has 3 saturated heterocycles. The number of aromatic nitrogens is 1. The Labute approximate surface area is 211 Å². The van der Waals surface area contributed by atoms with Crippen LogP contribution in [0.1, 0.15) is 52.0 Å². The van der Waals surface area contributed by atoms with Gasteiger partial charge in [-0.15, -0.1) is 0 Å². The summed E-state index contributed by atoms with van der Waals surface area (Å²) < 4.78 is 6.52. The normalized spacial score (nSPS) is 25.8. The van der Waals surface area contributed by atoms with Gasteiger partial charge in [0, 0.05) is 69.9 Å². The lowest BCUT2D eigenvalue weighted by Gasteiger charge is -2.29. The summed E-state index contributed by atoms with van der Waals surface area (Å²) in [5, 5.41) is 19.2. The van der Waals surface area contributed by atoms with E-state index in [1.54, 1.807) is 0 Å². The minimum atomic E-state index is -0.833. The molecule has 9 heteroatoms. The van der Waals surface area contributed by atoms with Crippen molar-refractivity contribution in [3.8, 4) is 0 Å². The monoisotopic (exact) mass is 499 g/mol. The molecule has 1 aromatic heterocycles. The third-order valence-electron chi connectivity index (χ3n) is 6.94. The number of ether oxygens (including phenoxy) is 1. The summed E-state index contributed by atoms with van der Waals surface area (Å²) in [4.78, 5) is 36.9. The van der Waals surface area contributed by atoms with Crippen LogP contribution in [0.5, 0.6) is 0 Å². The van der Waals surface area contributed by atoms with E-state index in [9.17, 15) is 4.79 Å². The zero-order chi connectivity index (χ0) is 26.3. The van der Waals surface area contributed by atoms with Gasteiger partial charge < -0.3 is 20.3 Å². The number of carboxylic acid groups (broad SMARTS) is 2. The fraction of sp³-hybridized carbons (Fsp3) is 0.556. The zero-order valence-corrected chi connectivity index (χ0v) is 21.3. The molecule has 3 aliphatic rings. The van der Waals surface area contributed by atoms with Gasteiger partial charge in [-0.2, -0.15) is 0 Å². The molecule has 4 heterocycles. The van der Waals surface area contributed by atoms with E-state index in [1.165, 1.54) is 17.4 Å². The summed E-state index contributed by atoms with van der Waals surface area (Å²) >= 11 is 0. The minimum Gasteiger partial charge on any atom is -0.481 e. The highest BCUT2D eigenvalue weighted by atomic mass is 16.5. The van der Waals surface area contributed by atoms with Crippen LogP contribution in [0, 0.1) is 11.8 Å². The summed E-state index contributed by atoms with van der Waals surface area (Å²) in [5.41, 5.74) is 2.40. The molecule has 4 atom stereocenters. The van der Waals surface area contributed by atoms with E-state index in [0.29, 0.717) is 24.4 Å². The number of aliphatic carboxylic acids is 2. The highest BCUT2D eigenvalue weighted by Gasteiger charge is 2.62. The van der Waals surface area contributed by atoms with Crippen molar-refractivity contribution in [2.24, 2.45) is 11.8 Å². The number of nitrogens with zero attached hydrogens (tertiary/aromatic N) is 2. The van der Waals surface area contributed by atoms with Crippen LogP contribution < -0.4 is 5.32 Å². The van der Waals surface area contributed by atoms with Crippen molar-refractivity contribution in [3.63, 3.8) is 0 Å². The highest BCUT2D eigenvalue weighted by Crippen LogP contribution is 2.54. The Bertz CT molecular complexity index is 1060. The van der Waals surface area contributed by atoms with Crippen molar-refractivity contribution in [2.75, 3.05) is 19.6 Å². The summed E-state index contributed by atoms with van der Waals surface area (Å²) in [6.45, 7) is 8.01. The number of likely N-dealkylation sites (tertiary alicyclic amines) is 1. The first-order valence-corrected chi connectivity index (χ1v) is 12.5. The molecule has 36 heavy (non-hydrogen) atoms. The van der Waals surface area contributed by atoms with Gasteiger partial charge >= 0.3 is 0 Å². The largest absolute Gasteiger partial charge is 0.481 e. The number of nitrogens with one attached hydrogen (secondary N) is 1. The van der Waals surface area contributed by atoms with Crippen LogP contribution in [0.2, 0.25) is 0 Å². The molecule has 1 spiro atoms. The maximum Gasteiger partial charge on any atom is 0.300 e. The van der Waals surface area contributed by atoms with Gasteiger partial charge in [0.2, 0.25) is 5.91 Å². The topological polar surface area (TPSA) is 129 Å². The fourth-order valence-corrected chi connectivity index (χ4v) is 5.71. The number of amides is 1. The smallest absolute Gasteiger partial charge is 0.300 e. The van der Waals surface area contributed by atoms with Gasteiger partial charge in [0.1, 0.15) is 0 Å². The first kappa shape index (κ1) is 27.5. The van der Waals surface area contributed by atoms with Crippen LogP contribution in [0.3, 0.4) is 0 Å². The number of carbonyl (C=O) groups is 3. The predicted molar refractivity (Wildman–Crippen MR) is 135 cm³/mol. The van der Waals surface area contributed by atoms with Gasteiger partial charge in [-0.1, -0.05) is 19.1 Å². The van der Waals surface area contributed by atoms with Crippen molar-refractivity contribution >= 4 is 28.7 Å². The number of pyridine rings is 1. The number of carbonyl (C=O) groups excluding carboxylic acids is 1. The fourth-order valence-electron chi connectivity index (χ4n) is 5.71. The standard InChI is InChI=1S/C23H29N3O2.2C2H4O2/c1-2-4-22(27)25-12-18-19-14-26(15-23(19)9-8-21(18)28-23)13-16-6-7-20-17(11-16)5-3-10-24-20;2*1-2(3)4/h3,5-7,10-11,18-19,21H,2,4,8-9,12-15H2,1H3,(H,25,27);2*1H3,(H,3,4)/t18-,19+,21+,23+;;/m0../s1. The van der Waals surface area contributed by atoms with Crippen molar-refractivity contribution in [1.82, 2.24) is 15.2 Å². The van der Waals surface area contributed by atoms with Crippen LogP contribution in [-0.4, -0.2) is 69.3 Å². The Morgan fingerprint density at radius 2 is 1.92 bits per heavy atom. The van der Waals surface area contributed by atoms with E-state index >= 15 is 0 Å². The Morgan fingerprint density at radius 3 is 2.61 bits per heavy atom. The van der Waals surface area contributed by atoms with Gasteiger partial charge in [0.25, 0.3) is 11.9 Å².